The summed E-state index contributed by atoms with van der Waals surface area (Å²) >= 11 is 6.19. The van der Waals surface area contributed by atoms with Gasteiger partial charge in [-0.05, 0) is 52.2 Å². The second kappa shape index (κ2) is 8.90. The van der Waals surface area contributed by atoms with Gasteiger partial charge in [0.15, 0.2) is 0 Å². The molecule has 8 heteroatoms. The number of nitrogens with zero attached hydrogens (tertiary/aromatic N) is 1. The van der Waals surface area contributed by atoms with Crippen LogP contribution in [0.4, 0.5) is 0 Å². The van der Waals surface area contributed by atoms with Crippen molar-refractivity contribution < 1.29 is 22.7 Å². The number of benzene rings is 1. The minimum Gasteiger partial charge on any atom is -0.458 e. The first-order valence-electron chi connectivity index (χ1n) is 9.09. The van der Waals surface area contributed by atoms with E-state index in [9.17, 15) is 13.2 Å². The summed E-state index contributed by atoms with van der Waals surface area (Å²) in [4.78, 5) is 11.9. The molecule has 0 aromatic heterocycles. The highest BCUT2D eigenvalue weighted by Crippen LogP contribution is 2.31. The van der Waals surface area contributed by atoms with Crippen LogP contribution in [0, 0.1) is 6.92 Å². The molecule has 1 aromatic carbocycles. The highest BCUT2D eigenvalue weighted by atomic mass is 35.5. The fourth-order valence-electron chi connectivity index (χ4n) is 3.17. The summed E-state index contributed by atoms with van der Waals surface area (Å²) in [5.74, 6) is -0.463. The van der Waals surface area contributed by atoms with E-state index in [4.69, 9.17) is 21.1 Å². The molecule has 0 unspecified atom stereocenters. The van der Waals surface area contributed by atoms with E-state index in [-0.39, 0.29) is 29.2 Å². The zero-order valence-corrected chi connectivity index (χ0v) is 17.9. The van der Waals surface area contributed by atoms with Gasteiger partial charge in [-0.1, -0.05) is 30.2 Å². The monoisotopic (exact) mass is 417 g/mol. The highest BCUT2D eigenvalue weighted by Gasteiger charge is 2.35. The molecule has 0 aliphatic carbocycles. The fraction of sp³-hybridized carbons (Fsp3) is 0.632. The molecule has 0 amide bonds. The van der Waals surface area contributed by atoms with Gasteiger partial charge in [-0.15, -0.1) is 0 Å². The Morgan fingerprint density at radius 1 is 1.30 bits per heavy atom. The van der Waals surface area contributed by atoms with Gasteiger partial charge in [0, 0.05) is 12.6 Å². The average molecular weight is 418 g/mol. The maximum absolute atomic E-state index is 13.2. The van der Waals surface area contributed by atoms with Crippen molar-refractivity contribution in [2.45, 2.75) is 63.5 Å². The molecule has 152 valence electrons. The van der Waals surface area contributed by atoms with Crippen LogP contribution in [-0.4, -0.2) is 50.1 Å². The van der Waals surface area contributed by atoms with E-state index >= 15 is 0 Å². The minimum absolute atomic E-state index is 0.141. The van der Waals surface area contributed by atoms with Gasteiger partial charge in [-0.3, -0.25) is 0 Å². The molecule has 0 radical (unpaired) electrons. The van der Waals surface area contributed by atoms with E-state index in [2.05, 4.69) is 0 Å². The molecule has 0 bridgehead atoms. The van der Waals surface area contributed by atoms with E-state index in [0.717, 1.165) is 12.8 Å². The highest BCUT2D eigenvalue weighted by molar-refractivity contribution is 7.89. The number of halogens is 1. The summed E-state index contributed by atoms with van der Waals surface area (Å²) in [5, 5.41) is 0.217. The number of rotatable bonds is 6. The summed E-state index contributed by atoms with van der Waals surface area (Å²) in [5.41, 5.74) is 0.0314. The van der Waals surface area contributed by atoms with Crippen molar-refractivity contribution in [2.24, 2.45) is 0 Å². The number of esters is 1. The molecule has 27 heavy (non-hydrogen) atoms. The van der Waals surface area contributed by atoms with Crippen LogP contribution in [-0.2, 0) is 24.3 Å². The van der Waals surface area contributed by atoms with Gasteiger partial charge in [0.25, 0.3) is 0 Å². The largest absolute Gasteiger partial charge is 0.458 e. The van der Waals surface area contributed by atoms with Gasteiger partial charge in [0.05, 0.1) is 11.6 Å². The van der Waals surface area contributed by atoms with Gasteiger partial charge >= 0.3 is 5.97 Å². The third kappa shape index (κ3) is 5.91. The molecule has 0 saturated carbocycles. The molecule has 1 saturated heterocycles. The number of hydrogen-bond donors (Lipinski definition) is 0. The average Bonchev–Trinajstić information content (AvgIpc) is 2.53. The first kappa shape index (κ1) is 22.1. The van der Waals surface area contributed by atoms with Gasteiger partial charge in [-0.2, -0.15) is 4.31 Å². The second-order valence-corrected chi connectivity index (χ2v) is 9.99. The predicted octanol–water partition coefficient (Wildman–Crippen LogP) is 3.55. The molecule has 1 aromatic rings. The normalized spacial score (nSPS) is 19.1. The lowest BCUT2D eigenvalue weighted by molar-refractivity contribution is -0.160. The Kier molecular flexibility index (Phi) is 7.30. The molecule has 1 atom stereocenters. The number of piperidine rings is 1. The number of carbonyl (C=O) groups excluding carboxylic acids is 1. The third-order valence-corrected chi connectivity index (χ3v) is 6.84. The molecule has 2 rings (SSSR count). The van der Waals surface area contributed by atoms with E-state index in [0.29, 0.717) is 18.5 Å². The van der Waals surface area contributed by atoms with Crippen LogP contribution >= 0.6 is 11.6 Å². The molecule has 1 fully saturated rings. The molecule has 0 spiro atoms. The molecular formula is C19H28ClNO5S. The molecule has 0 N–H and O–H groups in total. The van der Waals surface area contributed by atoms with Crippen molar-refractivity contribution >= 4 is 27.6 Å². The standard InChI is InChI=1S/C19H28ClNO5S/c1-14-8-7-10-16(20)18(14)27(23,24)21-11-6-5-9-15(21)12-25-13-17(22)26-19(2,3)4/h7-8,10,15H,5-6,9,11-13H2,1-4H3/t15-/m0/s1. The number of carbonyl (C=O) groups is 1. The summed E-state index contributed by atoms with van der Waals surface area (Å²) in [6.45, 7) is 7.43. The molecular weight excluding hydrogens is 390 g/mol. The topological polar surface area (TPSA) is 72.9 Å². The molecule has 1 aliphatic rings. The number of sulfonamides is 1. The number of aryl methyl sites for hydroxylation is 1. The third-order valence-electron chi connectivity index (χ3n) is 4.25. The van der Waals surface area contributed by atoms with Crippen LogP contribution in [0.15, 0.2) is 23.1 Å². The maximum Gasteiger partial charge on any atom is 0.332 e. The summed E-state index contributed by atoms with van der Waals surface area (Å²) in [6, 6.07) is 4.71. The lowest BCUT2D eigenvalue weighted by Gasteiger charge is -2.35. The smallest absolute Gasteiger partial charge is 0.332 e. The molecule has 1 aliphatic heterocycles. The van der Waals surface area contributed by atoms with Crippen LogP contribution in [0.1, 0.15) is 45.6 Å². The Morgan fingerprint density at radius 3 is 2.63 bits per heavy atom. The summed E-state index contributed by atoms with van der Waals surface area (Å²) in [6.07, 6.45) is 2.37. The van der Waals surface area contributed by atoms with Crippen molar-refractivity contribution in [1.29, 1.82) is 0 Å². The quantitative estimate of drug-likeness (QED) is 0.662. The van der Waals surface area contributed by atoms with Crippen molar-refractivity contribution in [3.8, 4) is 0 Å². The Bertz CT molecular complexity index is 753. The SMILES string of the molecule is Cc1cccc(Cl)c1S(=O)(=O)N1CCCC[C@H]1COCC(=O)OC(C)(C)C. The van der Waals surface area contributed by atoms with Crippen molar-refractivity contribution in [1.82, 2.24) is 4.31 Å². The molecule has 1 heterocycles. The van der Waals surface area contributed by atoms with Crippen LogP contribution < -0.4 is 0 Å². The van der Waals surface area contributed by atoms with Gasteiger partial charge in [0.2, 0.25) is 10.0 Å². The zero-order chi connectivity index (χ0) is 20.2. The van der Waals surface area contributed by atoms with E-state index < -0.39 is 21.6 Å². The van der Waals surface area contributed by atoms with Gasteiger partial charge in [0.1, 0.15) is 17.1 Å². The fourth-order valence-corrected chi connectivity index (χ4v) is 5.63. The summed E-state index contributed by atoms with van der Waals surface area (Å²) in [7, 11) is -3.75. The van der Waals surface area contributed by atoms with E-state index in [1.54, 1.807) is 45.9 Å². The number of ether oxygens (including phenoxy) is 2. The lowest BCUT2D eigenvalue weighted by atomic mass is 10.1. The lowest BCUT2D eigenvalue weighted by Crippen LogP contribution is -2.46. The predicted molar refractivity (Wildman–Crippen MR) is 104 cm³/mol. The zero-order valence-electron chi connectivity index (χ0n) is 16.3. The van der Waals surface area contributed by atoms with Crippen molar-refractivity contribution in [3.63, 3.8) is 0 Å². The Morgan fingerprint density at radius 2 is 2.00 bits per heavy atom. The van der Waals surface area contributed by atoms with Crippen molar-refractivity contribution in [2.75, 3.05) is 19.8 Å². The van der Waals surface area contributed by atoms with Crippen LogP contribution in [0.2, 0.25) is 5.02 Å². The van der Waals surface area contributed by atoms with E-state index in [1.807, 2.05) is 0 Å². The van der Waals surface area contributed by atoms with Crippen LogP contribution in [0.3, 0.4) is 0 Å². The van der Waals surface area contributed by atoms with E-state index in [1.165, 1.54) is 4.31 Å². The van der Waals surface area contributed by atoms with Crippen LogP contribution in [0.5, 0.6) is 0 Å². The second-order valence-electron chi connectivity index (χ2n) is 7.75. The minimum atomic E-state index is -3.75. The first-order chi connectivity index (χ1) is 12.5. The number of hydrogen-bond acceptors (Lipinski definition) is 5. The maximum atomic E-state index is 13.2. The van der Waals surface area contributed by atoms with Crippen LogP contribution in [0.25, 0.3) is 0 Å². The van der Waals surface area contributed by atoms with Crippen molar-refractivity contribution in [3.05, 3.63) is 28.8 Å². The Labute approximate surface area is 166 Å². The Hall–Kier alpha value is -1.15. The van der Waals surface area contributed by atoms with Gasteiger partial charge in [-0.25, -0.2) is 13.2 Å². The summed E-state index contributed by atoms with van der Waals surface area (Å²) < 4.78 is 38.6. The molecule has 6 nitrogen and oxygen atoms in total. The Balaban J connectivity index is 2.10. The first-order valence-corrected chi connectivity index (χ1v) is 10.9. The van der Waals surface area contributed by atoms with Gasteiger partial charge < -0.3 is 9.47 Å².